The Hall–Kier alpha value is -0.780. The van der Waals surface area contributed by atoms with Gasteiger partial charge >= 0.3 is 0 Å². The predicted molar refractivity (Wildman–Crippen MR) is 48.0 cm³/mol. The Bertz CT molecular complexity index is 143. The van der Waals surface area contributed by atoms with E-state index in [0.717, 1.165) is 6.42 Å². The molecule has 0 aromatic carbocycles. The first kappa shape index (κ1) is 9.22. The van der Waals surface area contributed by atoms with Crippen LogP contribution >= 0.6 is 0 Å². The first-order chi connectivity index (χ1) is 4.77. The third kappa shape index (κ3) is 7.22. The van der Waals surface area contributed by atoms with Gasteiger partial charge in [-0.2, -0.15) is 0 Å². The molecule has 0 amide bonds. The highest BCUT2D eigenvalue weighted by Gasteiger charge is 1.69. The first-order valence-electron chi connectivity index (χ1n) is 3.68. The van der Waals surface area contributed by atoms with Gasteiger partial charge < -0.3 is 0 Å². The largest absolute Gasteiger partial charge is 0.0914 e. The molecule has 0 aromatic rings. The fourth-order valence-corrected chi connectivity index (χ4v) is 0.554. The molecule has 0 aliphatic carbocycles. The summed E-state index contributed by atoms with van der Waals surface area (Å²) in [7, 11) is 0. The fraction of sp³-hybridized carbons (Fsp3) is 0.400. The highest BCUT2D eigenvalue weighted by Crippen LogP contribution is 1.91. The van der Waals surface area contributed by atoms with Crippen molar-refractivity contribution in [3.63, 3.8) is 0 Å². The van der Waals surface area contributed by atoms with Crippen molar-refractivity contribution in [1.82, 2.24) is 0 Å². The van der Waals surface area contributed by atoms with E-state index in [9.17, 15) is 0 Å². The fourth-order valence-electron chi connectivity index (χ4n) is 0.554. The van der Waals surface area contributed by atoms with E-state index in [0.29, 0.717) is 0 Å². The smallest absolute Gasteiger partial charge is 0.0166 e. The molecular weight excluding hydrogens is 120 g/mol. The van der Waals surface area contributed by atoms with Gasteiger partial charge in [-0.15, -0.1) is 0 Å². The van der Waals surface area contributed by atoms with Gasteiger partial charge in [0.25, 0.3) is 0 Å². The molecule has 0 rings (SSSR count). The van der Waals surface area contributed by atoms with E-state index in [1.807, 2.05) is 6.92 Å². The maximum Gasteiger partial charge on any atom is -0.0166 e. The van der Waals surface area contributed by atoms with Crippen LogP contribution in [0.15, 0.2) is 36.0 Å². The summed E-state index contributed by atoms with van der Waals surface area (Å²) in [6.07, 6.45) is 11.6. The monoisotopic (exact) mass is 136 g/mol. The molecule has 10 heavy (non-hydrogen) atoms. The minimum Gasteiger partial charge on any atom is -0.0914 e. The van der Waals surface area contributed by atoms with E-state index in [4.69, 9.17) is 0 Å². The van der Waals surface area contributed by atoms with Gasteiger partial charge in [0.15, 0.2) is 0 Å². The predicted octanol–water partition coefficient (Wildman–Crippen LogP) is 3.48. The highest BCUT2D eigenvalue weighted by atomic mass is 13.8. The van der Waals surface area contributed by atoms with E-state index < -0.39 is 0 Å². The van der Waals surface area contributed by atoms with Crippen LogP contribution in [0.5, 0.6) is 0 Å². The summed E-state index contributed by atoms with van der Waals surface area (Å²) in [5, 5.41) is 0. The molecule has 0 aliphatic heterocycles. The Morgan fingerprint density at radius 2 is 1.90 bits per heavy atom. The second-order valence-electron chi connectivity index (χ2n) is 2.48. The Labute approximate surface area is 64.0 Å². The molecule has 0 unspecified atom stereocenters. The standard InChI is InChI=1S/C10H16/c1-4-5-6-7-8-9-10(2)3/h4-5,7-9H,6H2,1-3H3/b5-4-,8-7-. The Kier molecular flexibility index (Phi) is 5.85. The molecule has 56 valence electrons. The van der Waals surface area contributed by atoms with E-state index in [1.165, 1.54) is 5.57 Å². The highest BCUT2D eigenvalue weighted by molar-refractivity contribution is 5.09. The number of hydrogen-bond donors (Lipinski definition) is 0. The summed E-state index contributed by atoms with van der Waals surface area (Å²) in [5.41, 5.74) is 1.34. The topological polar surface area (TPSA) is 0 Å². The number of rotatable bonds is 3. The van der Waals surface area contributed by atoms with Gasteiger partial charge in [-0.25, -0.2) is 0 Å². The van der Waals surface area contributed by atoms with Crippen molar-refractivity contribution in [3.05, 3.63) is 36.0 Å². The van der Waals surface area contributed by atoms with Crippen molar-refractivity contribution >= 4 is 0 Å². The molecule has 0 atom stereocenters. The molecular formula is C10H16. The molecule has 0 heteroatoms. The van der Waals surface area contributed by atoms with Crippen LogP contribution in [0.25, 0.3) is 0 Å². The van der Waals surface area contributed by atoms with Gasteiger partial charge in [-0.1, -0.05) is 36.0 Å². The molecule has 0 radical (unpaired) electrons. The van der Waals surface area contributed by atoms with Gasteiger partial charge in [-0.3, -0.25) is 0 Å². The first-order valence-corrected chi connectivity index (χ1v) is 3.68. The lowest BCUT2D eigenvalue weighted by molar-refractivity contribution is 1.36. The average molecular weight is 136 g/mol. The zero-order valence-corrected chi connectivity index (χ0v) is 7.09. The summed E-state index contributed by atoms with van der Waals surface area (Å²) in [6.45, 7) is 6.23. The normalized spacial score (nSPS) is 11.1. The van der Waals surface area contributed by atoms with Crippen LogP contribution in [-0.4, -0.2) is 0 Å². The maximum atomic E-state index is 2.15. The summed E-state index contributed by atoms with van der Waals surface area (Å²) < 4.78 is 0. The van der Waals surface area contributed by atoms with Crippen LogP contribution in [-0.2, 0) is 0 Å². The maximum absolute atomic E-state index is 2.15. The molecule has 0 fully saturated rings. The Morgan fingerprint density at radius 1 is 1.20 bits per heavy atom. The lowest BCUT2D eigenvalue weighted by Gasteiger charge is -1.81. The molecule has 0 aromatic heterocycles. The van der Waals surface area contributed by atoms with Crippen molar-refractivity contribution in [1.29, 1.82) is 0 Å². The van der Waals surface area contributed by atoms with Crippen molar-refractivity contribution in [2.45, 2.75) is 27.2 Å². The van der Waals surface area contributed by atoms with Crippen LogP contribution in [0.2, 0.25) is 0 Å². The third-order valence-corrected chi connectivity index (χ3v) is 1.07. The lowest BCUT2D eigenvalue weighted by atomic mass is 10.3. The second-order valence-corrected chi connectivity index (χ2v) is 2.48. The van der Waals surface area contributed by atoms with Crippen molar-refractivity contribution < 1.29 is 0 Å². The second kappa shape index (κ2) is 6.34. The van der Waals surface area contributed by atoms with Gasteiger partial charge in [0, 0.05) is 0 Å². The molecule has 0 aliphatic rings. The van der Waals surface area contributed by atoms with Crippen molar-refractivity contribution in [2.24, 2.45) is 0 Å². The van der Waals surface area contributed by atoms with Crippen molar-refractivity contribution in [2.75, 3.05) is 0 Å². The lowest BCUT2D eigenvalue weighted by Crippen LogP contribution is -1.60. The molecule has 0 saturated carbocycles. The van der Waals surface area contributed by atoms with Gasteiger partial charge in [-0.05, 0) is 27.2 Å². The van der Waals surface area contributed by atoms with Crippen molar-refractivity contribution in [3.8, 4) is 0 Å². The van der Waals surface area contributed by atoms with Crippen LogP contribution < -0.4 is 0 Å². The van der Waals surface area contributed by atoms with E-state index in [1.54, 1.807) is 0 Å². The number of hydrogen-bond acceptors (Lipinski definition) is 0. The van der Waals surface area contributed by atoms with Gasteiger partial charge in [0.1, 0.15) is 0 Å². The van der Waals surface area contributed by atoms with Crippen LogP contribution in [0.1, 0.15) is 27.2 Å². The van der Waals surface area contributed by atoms with E-state index in [-0.39, 0.29) is 0 Å². The van der Waals surface area contributed by atoms with Crippen LogP contribution in [0.3, 0.4) is 0 Å². The van der Waals surface area contributed by atoms with Crippen LogP contribution in [0, 0.1) is 0 Å². The summed E-state index contributed by atoms with van der Waals surface area (Å²) in [4.78, 5) is 0. The zero-order valence-electron chi connectivity index (χ0n) is 7.09. The quantitative estimate of drug-likeness (QED) is 0.411. The Balaban J connectivity index is 3.47. The minimum absolute atomic E-state index is 1.04. The summed E-state index contributed by atoms with van der Waals surface area (Å²) >= 11 is 0. The van der Waals surface area contributed by atoms with Crippen LogP contribution in [0.4, 0.5) is 0 Å². The molecule has 0 nitrogen and oxygen atoms in total. The zero-order chi connectivity index (χ0) is 7.82. The van der Waals surface area contributed by atoms with E-state index in [2.05, 4.69) is 44.2 Å². The molecule has 0 heterocycles. The summed E-state index contributed by atoms with van der Waals surface area (Å²) in [5.74, 6) is 0. The average Bonchev–Trinajstić information content (AvgIpc) is 1.87. The molecule has 0 saturated heterocycles. The molecule has 0 N–H and O–H groups in total. The molecule has 0 spiro atoms. The summed E-state index contributed by atoms with van der Waals surface area (Å²) in [6, 6.07) is 0. The third-order valence-electron chi connectivity index (χ3n) is 1.07. The van der Waals surface area contributed by atoms with Gasteiger partial charge in [0.05, 0.1) is 0 Å². The van der Waals surface area contributed by atoms with E-state index >= 15 is 0 Å². The Morgan fingerprint density at radius 3 is 2.40 bits per heavy atom. The van der Waals surface area contributed by atoms with Gasteiger partial charge in [0.2, 0.25) is 0 Å². The minimum atomic E-state index is 1.04. The molecule has 0 bridgehead atoms. The number of allylic oxidation sites excluding steroid dienone is 6. The SMILES string of the molecule is C/C=C\C/C=C\C=C(C)C.